The van der Waals surface area contributed by atoms with Crippen LogP contribution in [0.5, 0.6) is 0 Å². The Labute approximate surface area is 103 Å². The molecule has 17 heavy (non-hydrogen) atoms. The van der Waals surface area contributed by atoms with E-state index < -0.39 is 0 Å². The molecular formula is C16H10S. The summed E-state index contributed by atoms with van der Waals surface area (Å²) in [5.41, 5.74) is 0. The molecule has 0 N–H and O–H groups in total. The van der Waals surface area contributed by atoms with E-state index in [0.29, 0.717) is 0 Å². The predicted octanol–water partition coefficient (Wildman–Crippen LogP) is 5.21. The Morgan fingerprint density at radius 3 is 2.24 bits per heavy atom. The van der Waals surface area contributed by atoms with E-state index in [2.05, 4.69) is 59.3 Å². The zero-order valence-electron chi connectivity index (χ0n) is 9.18. The van der Waals surface area contributed by atoms with Crippen molar-refractivity contribution in [3.8, 4) is 0 Å². The van der Waals surface area contributed by atoms with Crippen molar-refractivity contribution in [3.63, 3.8) is 0 Å². The topological polar surface area (TPSA) is 0 Å². The van der Waals surface area contributed by atoms with E-state index in [0.717, 1.165) is 0 Å². The normalized spacial score (nSPS) is 11.5. The second-order valence-corrected chi connectivity index (χ2v) is 5.10. The zero-order chi connectivity index (χ0) is 11.2. The third-order valence-corrected chi connectivity index (χ3v) is 4.10. The van der Waals surface area contributed by atoms with Gasteiger partial charge in [0.25, 0.3) is 0 Å². The highest BCUT2D eigenvalue weighted by atomic mass is 32.1. The molecule has 0 aliphatic heterocycles. The van der Waals surface area contributed by atoms with Crippen LogP contribution in [0.25, 0.3) is 32.3 Å². The number of hydrogen-bond donors (Lipinski definition) is 0. The van der Waals surface area contributed by atoms with Gasteiger partial charge in [-0.25, -0.2) is 0 Å². The smallest absolute Gasteiger partial charge is 0.000205 e. The Morgan fingerprint density at radius 1 is 0.588 bits per heavy atom. The average Bonchev–Trinajstić information content (AvgIpc) is 2.85. The van der Waals surface area contributed by atoms with Crippen molar-refractivity contribution in [2.45, 2.75) is 0 Å². The van der Waals surface area contributed by atoms with Crippen LogP contribution in [0.3, 0.4) is 0 Å². The summed E-state index contributed by atoms with van der Waals surface area (Å²) in [6.07, 6.45) is 0. The molecule has 0 aliphatic rings. The zero-order valence-corrected chi connectivity index (χ0v) is 10.00. The summed E-state index contributed by atoms with van der Waals surface area (Å²) in [4.78, 5) is 0. The maximum Gasteiger partial charge on any atom is 0.000205 e. The summed E-state index contributed by atoms with van der Waals surface area (Å²) < 4.78 is 0. The standard InChI is InChI=1S/C16H10S/c1-2-4-12-8-15-13(7-11(12)3-1)5-6-14-9-17-10-16(14)15/h1-10H. The second-order valence-electron chi connectivity index (χ2n) is 4.36. The lowest BCUT2D eigenvalue weighted by Gasteiger charge is -2.03. The molecule has 1 aromatic heterocycles. The van der Waals surface area contributed by atoms with E-state index in [1.54, 1.807) is 11.3 Å². The summed E-state index contributed by atoms with van der Waals surface area (Å²) >= 11 is 1.77. The fourth-order valence-corrected chi connectivity index (χ4v) is 3.28. The summed E-state index contributed by atoms with van der Waals surface area (Å²) in [6.45, 7) is 0. The van der Waals surface area contributed by atoms with Crippen molar-refractivity contribution in [1.82, 2.24) is 0 Å². The lowest BCUT2D eigenvalue weighted by atomic mass is 10.0. The number of rotatable bonds is 0. The van der Waals surface area contributed by atoms with E-state index in [1.165, 1.54) is 32.3 Å². The molecule has 1 heterocycles. The highest BCUT2D eigenvalue weighted by Crippen LogP contribution is 2.31. The van der Waals surface area contributed by atoms with Crippen molar-refractivity contribution < 1.29 is 0 Å². The lowest BCUT2D eigenvalue weighted by molar-refractivity contribution is 1.80. The molecule has 0 nitrogen and oxygen atoms in total. The molecule has 0 saturated carbocycles. The summed E-state index contributed by atoms with van der Waals surface area (Å²) in [5.74, 6) is 0. The van der Waals surface area contributed by atoms with E-state index in [1.807, 2.05) is 0 Å². The number of thiophene rings is 1. The molecule has 1 heteroatoms. The van der Waals surface area contributed by atoms with Crippen molar-refractivity contribution in [3.05, 3.63) is 59.3 Å². The quantitative estimate of drug-likeness (QED) is 0.366. The van der Waals surface area contributed by atoms with Crippen LogP contribution in [0.4, 0.5) is 0 Å². The van der Waals surface area contributed by atoms with Gasteiger partial charge < -0.3 is 0 Å². The third kappa shape index (κ3) is 1.29. The Hall–Kier alpha value is -1.86. The molecule has 4 rings (SSSR count). The van der Waals surface area contributed by atoms with Crippen LogP contribution in [0.15, 0.2) is 59.3 Å². The first-order valence-corrected chi connectivity index (χ1v) is 6.63. The first-order valence-electron chi connectivity index (χ1n) is 5.69. The van der Waals surface area contributed by atoms with Gasteiger partial charge in [0.15, 0.2) is 0 Å². The molecule has 0 bridgehead atoms. The number of hydrogen-bond acceptors (Lipinski definition) is 1. The molecule has 0 radical (unpaired) electrons. The highest BCUT2D eigenvalue weighted by molar-refractivity contribution is 7.09. The second kappa shape index (κ2) is 3.31. The van der Waals surface area contributed by atoms with E-state index >= 15 is 0 Å². The van der Waals surface area contributed by atoms with Crippen LogP contribution in [0, 0.1) is 0 Å². The Balaban J connectivity index is 2.29. The lowest BCUT2D eigenvalue weighted by Crippen LogP contribution is -1.76. The van der Waals surface area contributed by atoms with Gasteiger partial charge in [-0.15, -0.1) is 0 Å². The molecule has 0 fully saturated rings. The first kappa shape index (κ1) is 9.20. The average molecular weight is 234 g/mol. The number of benzene rings is 3. The maximum absolute atomic E-state index is 2.31. The van der Waals surface area contributed by atoms with Crippen molar-refractivity contribution >= 4 is 43.7 Å². The monoisotopic (exact) mass is 234 g/mol. The molecule has 4 aromatic rings. The molecular weight excluding hydrogens is 224 g/mol. The van der Waals surface area contributed by atoms with Crippen LogP contribution in [0.1, 0.15) is 0 Å². The van der Waals surface area contributed by atoms with Gasteiger partial charge >= 0.3 is 0 Å². The van der Waals surface area contributed by atoms with Crippen molar-refractivity contribution in [2.75, 3.05) is 0 Å². The molecule has 3 aromatic carbocycles. The molecule has 0 aliphatic carbocycles. The molecule has 0 spiro atoms. The van der Waals surface area contributed by atoms with Gasteiger partial charge in [-0.2, -0.15) is 11.3 Å². The molecule has 0 unspecified atom stereocenters. The Bertz CT molecular complexity index is 840. The molecule has 0 saturated heterocycles. The molecule has 0 amide bonds. The van der Waals surface area contributed by atoms with Crippen LogP contribution in [-0.2, 0) is 0 Å². The fourth-order valence-electron chi connectivity index (χ4n) is 2.46. The summed E-state index contributed by atoms with van der Waals surface area (Å²) in [5, 5.41) is 12.5. The first-order chi connectivity index (χ1) is 8.42. The summed E-state index contributed by atoms with van der Waals surface area (Å²) in [6, 6.07) is 17.6. The maximum atomic E-state index is 2.31. The summed E-state index contributed by atoms with van der Waals surface area (Å²) in [7, 11) is 0. The minimum atomic E-state index is 1.31. The van der Waals surface area contributed by atoms with Gasteiger partial charge in [0.1, 0.15) is 0 Å². The van der Waals surface area contributed by atoms with Crippen LogP contribution in [-0.4, -0.2) is 0 Å². The highest BCUT2D eigenvalue weighted by Gasteiger charge is 2.02. The molecule has 80 valence electrons. The van der Waals surface area contributed by atoms with Gasteiger partial charge in [-0.05, 0) is 49.8 Å². The third-order valence-electron chi connectivity index (χ3n) is 3.34. The largest absolute Gasteiger partial charge is 0.151 e. The van der Waals surface area contributed by atoms with Gasteiger partial charge in [-0.3, -0.25) is 0 Å². The molecule has 0 atom stereocenters. The van der Waals surface area contributed by atoms with Crippen molar-refractivity contribution in [2.24, 2.45) is 0 Å². The predicted molar refractivity (Wildman–Crippen MR) is 76.8 cm³/mol. The van der Waals surface area contributed by atoms with Crippen LogP contribution >= 0.6 is 11.3 Å². The van der Waals surface area contributed by atoms with Crippen LogP contribution < -0.4 is 0 Å². The minimum absolute atomic E-state index is 1.31. The fraction of sp³-hybridized carbons (Fsp3) is 0. The number of fused-ring (bicyclic) bond motifs is 4. The Kier molecular flexibility index (Phi) is 1.79. The van der Waals surface area contributed by atoms with E-state index in [9.17, 15) is 0 Å². The van der Waals surface area contributed by atoms with Gasteiger partial charge in [0, 0.05) is 5.39 Å². The van der Waals surface area contributed by atoms with Gasteiger partial charge in [0.2, 0.25) is 0 Å². The SMILES string of the molecule is c1ccc2cc3c(ccc4cscc43)cc2c1. The van der Waals surface area contributed by atoms with Gasteiger partial charge in [0.05, 0.1) is 0 Å². The van der Waals surface area contributed by atoms with E-state index in [-0.39, 0.29) is 0 Å². The van der Waals surface area contributed by atoms with E-state index in [4.69, 9.17) is 0 Å². The van der Waals surface area contributed by atoms with Crippen LogP contribution in [0.2, 0.25) is 0 Å². The Morgan fingerprint density at radius 2 is 1.35 bits per heavy atom. The minimum Gasteiger partial charge on any atom is -0.151 e. The van der Waals surface area contributed by atoms with Gasteiger partial charge in [-0.1, -0.05) is 36.4 Å². The van der Waals surface area contributed by atoms with Crippen molar-refractivity contribution in [1.29, 1.82) is 0 Å².